The van der Waals surface area contributed by atoms with Crippen molar-refractivity contribution in [3.8, 4) is 28.8 Å². The summed E-state index contributed by atoms with van der Waals surface area (Å²) in [5.74, 6) is 0.927. The molecule has 4 rings (SSSR count). The van der Waals surface area contributed by atoms with Crippen LogP contribution in [0.5, 0.6) is 11.5 Å². The fourth-order valence-corrected chi connectivity index (χ4v) is 3.57. The zero-order chi connectivity index (χ0) is 21.8. The smallest absolute Gasteiger partial charge is 0.167 e. The Labute approximate surface area is 178 Å². The molecule has 0 spiro atoms. The minimum Gasteiger partial charge on any atom is -0.493 e. The predicted molar refractivity (Wildman–Crippen MR) is 111 cm³/mol. The number of aromatic nitrogens is 4. The molecule has 3 aromatic rings. The Morgan fingerprint density at radius 1 is 1.19 bits per heavy atom. The lowest BCUT2D eigenvalue weighted by molar-refractivity contribution is 0.147. The van der Waals surface area contributed by atoms with Crippen LogP contribution in [-0.2, 0) is 0 Å². The Balaban J connectivity index is 1.61. The molecule has 0 aliphatic heterocycles. The van der Waals surface area contributed by atoms with Crippen molar-refractivity contribution < 1.29 is 13.9 Å². The number of nitrogens with zero attached hydrogens (tertiary/aromatic N) is 4. The SMILES string of the molecule is COc1c(F)ccc(OC2CCC(N)CC2)c1-c1cc(Nc2cnc(C#N)cn2)n[nH]1. The van der Waals surface area contributed by atoms with E-state index in [-0.39, 0.29) is 23.6 Å². The molecule has 10 heteroatoms. The summed E-state index contributed by atoms with van der Waals surface area (Å²) in [5, 5.41) is 18.9. The van der Waals surface area contributed by atoms with Gasteiger partial charge < -0.3 is 20.5 Å². The number of hydrogen-bond acceptors (Lipinski definition) is 8. The van der Waals surface area contributed by atoms with E-state index in [4.69, 9.17) is 20.5 Å². The fraction of sp³-hybridized carbons (Fsp3) is 0.333. The Kier molecular flexibility index (Phi) is 5.95. The van der Waals surface area contributed by atoms with E-state index >= 15 is 0 Å². The predicted octanol–water partition coefficient (Wildman–Crippen LogP) is 3.28. The lowest BCUT2D eigenvalue weighted by Gasteiger charge is -2.27. The van der Waals surface area contributed by atoms with E-state index in [1.165, 1.54) is 25.6 Å². The van der Waals surface area contributed by atoms with Crippen molar-refractivity contribution in [1.29, 1.82) is 5.26 Å². The minimum absolute atomic E-state index is 0.00292. The maximum atomic E-state index is 14.5. The maximum Gasteiger partial charge on any atom is 0.167 e. The van der Waals surface area contributed by atoms with Gasteiger partial charge in [-0.25, -0.2) is 14.4 Å². The van der Waals surface area contributed by atoms with Gasteiger partial charge in [-0.2, -0.15) is 10.4 Å². The van der Waals surface area contributed by atoms with Gasteiger partial charge >= 0.3 is 0 Å². The summed E-state index contributed by atoms with van der Waals surface area (Å²) in [6.07, 6.45) is 6.25. The van der Waals surface area contributed by atoms with E-state index in [1.54, 1.807) is 12.1 Å². The van der Waals surface area contributed by atoms with E-state index in [9.17, 15) is 4.39 Å². The lowest BCUT2D eigenvalue weighted by atomic mass is 9.93. The van der Waals surface area contributed by atoms with Gasteiger partial charge in [-0.3, -0.25) is 5.10 Å². The molecule has 0 unspecified atom stereocenters. The first-order chi connectivity index (χ1) is 15.1. The highest BCUT2D eigenvalue weighted by Crippen LogP contribution is 2.41. The standard InChI is InChI=1S/C21H22FN7O2/c1-30-21-15(22)6-7-17(31-14-4-2-12(24)3-5-14)20(21)16-8-18(29-28-16)27-19-11-25-13(9-23)10-26-19/h6-8,10-12,14H,2-5,24H2,1H3,(H2,26,27,28,29). The summed E-state index contributed by atoms with van der Waals surface area (Å²) in [6.45, 7) is 0. The van der Waals surface area contributed by atoms with Crippen LogP contribution in [-0.4, -0.2) is 39.4 Å². The van der Waals surface area contributed by atoms with Crippen LogP contribution in [0.15, 0.2) is 30.6 Å². The largest absolute Gasteiger partial charge is 0.493 e. The van der Waals surface area contributed by atoms with Gasteiger partial charge in [0.1, 0.15) is 17.6 Å². The number of anilines is 2. The summed E-state index contributed by atoms with van der Waals surface area (Å²) in [5.41, 5.74) is 7.16. The number of nitrogens with two attached hydrogens (primary N) is 1. The van der Waals surface area contributed by atoms with Crippen LogP contribution in [0, 0.1) is 17.1 Å². The molecule has 2 heterocycles. The Morgan fingerprint density at radius 3 is 2.68 bits per heavy atom. The molecule has 0 atom stereocenters. The quantitative estimate of drug-likeness (QED) is 0.550. The Hall–Kier alpha value is -3.71. The topological polar surface area (TPSA) is 135 Å². The number of aromatic amines is 1. The summed E-state index contributed by atoms with van der Waals surface area (Å²) in [4.78, 5) is 8.07. The first kappa shape index (κ1) is 20.6. The van der Waals surface area contributed by atoms with Crippen LogP contribution in [0.4, 0.5) is 16.0 Å². The summed E-state index contributed by atoms with van der Waals surface area (Å²) in [6, 6.07) is 6.73. The van der Waals surface area contributed by atoms with Gasteiger partial charge in [0.05, 0.1) is 36.9 Å². The molecule has 9 nitrogen and oxygen atoms in total. The summed E-state index contributed by atoms with van der Waals surface area (Å²) in [7, 11) is 1.41. The normalized spacial score (nSPS) is 18.3. The molecule has 0 saturated heterocycles. The second-order valence-electron chi connectivity index (χ2n) is 7.30. The molecule has 0 radical (unpaired) electrons. The third-order valence-corrected chi connectivity index (χ3v) is 5.16. The van der Waals surface area contributed by atoms with Gasteiger partial charge in [-0.1, -0.05) is 0 Å². The average Bonchev–Trinajstić information content (AvgIpc) is 3.24. The number of methoxy groups -OCH3 is 1. The van der Waals surface area contributed by atoms with Gasteiger partial charge in [0.2, 0.25) is 0 Å². The molecule has 1 aromatic carbocycles. The number of H-pyrrole nitrogens is 1. The number of hydrogen-bond donors (Lipinski definition) is 3. The first-order valence-electron chi connectivity index (χ1n) is 9.91. The van der Waals surface area contributed by atoms with Crippen LogP contribution >= 0.6 is 0 Å². The van der Waals surface area contributed by atoms with Gasteiger partial charge in [0.25, 0.3) is 0 Å². The van der Waals surface area contributed by atoms with E-state index in [1.807, 2.05) is 6.07 Å². The van der Waals surface area contributed by atoms with Gasteiger partial charge in [0.15, 0.2) is 23.1 Å². The van der Waals surface area contributed by atoms with Crippen molar-refractivity contribution in [2.75, 3.05) is 12.4 Å². The van der Waals surface area contributed by atoms with Gasteiger partial charge in [-0.05, 0) is 37.8 Å². The molecule has 1 aliphatic rings. The molecule has 1 aliphatic carbocycles. The number of nitrogens with one attached hydrogen (secondary N) is 2. The zero-order valence-electron chi connectivity index (χ0n) is 16.9. The second kappa shape index (κ2) is 8.97. The zero-order valence-corrected chi connectivity index (χ0v) is 16.9. The lowest BCUT2D eigenvalue weighted by Crippen LogP contribution is -2.31. The number of nitriles is 1. The van der Waals surface area contributed by atoms with Crippen LogP contribution in [0.1, 0.15) is 31.4 Å². The van der Waals surface area contributed by atoms with Crippen molar-refractivity contribution in [2.45, 2.75) is 37.8 Å². The van der Waals surface area contributed by atoms with Crippen LogP contribution in [0.25, 0.3) is 11.3 Å². The molecule has 160 valence electrons. The minimum atomic E-state index is -0.502. The molecule has 4 N–H and O–H groups in total. The molecule has 0 amide bonds. The second-order valence-corrected chi connectivity index (χ2v) is 7.30. The first-order valence-corrected chi connectivity index (χ1v) is 9.91. The Morgan fingerprint density at radius 2 is 2.00 bits per heavy atom. The van der Waals surface area contributed by atoms with Crippen molar-refractivity contribution in [1.82, 2.24) is 20.2 Å². The summed E-state index contributed by atoms with van der Waals surface area (Å²) >= 11 is 0. The van der Waals surface area contributed by atoms with E-state index in [0.29, 0.717) is 28.6 Å². The van der Waals surface area contributed by atoms with Crippen molar-refractivity contribution in [2.24, 2.45) is 5.73 Å². The van der Waals surface area contributed by atoms with Crippen LogP contribution in [0.3, 0.4) is 0 Å². The third-order valence-electron chi connectivity index (χ3n) is 5.16. The van der Waals surface area contributed by atoms with Crippen LogP contribution in [0.2, 0.25) is 0 Å². The molecule has 2 aromatic heterocycles. The third kappa shape index (κ3) is 4.57. The van der Waals surface area contributed by atoms with Crippen LogP contribution < -0.4 is 20.5 Å². The number of halogens is 1. The monoisotopic (exact) mass is 423 g/mol. The Bertz CT molecular complexity index is 1090. The molecular formula is C21H22FN7O2. The molecule has 31 heavy (non-hydrogen) atoms. The van der Waals surface area contributed by atoms with E-state index < -0.39 is 5.82 Å². The average molecular weight is 423 g/mol. The van der Waals surface area contributed by atoms with Gasteiger partial charge in [0, 0.05) is 12.1 Å². The maximum absolute atomic E-state index is 14.5. The highest BCUT2D eigenvalue weighted by molar-refractivity contribution is 5.76. The van der Waals surface area contributed by atoms with E-state index in [2.05, 4.69) is 25.5 Å². The number of rotatable bonds is 6. The van der Waals surface area contributed by atoms with Crippen molar-refractivity contribution in [3.05, 3.63) is 42.1 Å². The molecule has 1 saturated carbocycles. The summed E-state index contributed by atoms with van der Waals surface area (Å²) < 4.78 is 26.0. The number of ether oxygens (including phenoxy) is 2. The molecule has 1 fully saturated rings. The van der Waals surface area contributed by atoms with Crippen molar-refractivity contribution >= 4 is 11.6 Å². The fourth-order valence-electron chi connectivity index (χ4n) is 3.57. The van der Waals surface area contributed by atoms with Gasteiger partial charge in [-0.15, -0.1) is 0 Å². The van der Waals surface area contributed by atoms with Crippen molar-refractivity contribution in [3.63, 3.8) is 0 Å². The number of benzene rings is 1. The molecule has 0 bridgehead atoms. The van der Waals surface area contributed by atoms with E-state index in [0.717, 1.165) is 25.7 Å². The highest BCUT2D eigenvalue weighted by Gasteiger charge is 2.24. The highest BCUT2D eigenvalue weighted by atomic mass is 19.1. The molecular weight excluding hydrogens is 401 g/mol.